The fraction of sp³-hybridized carbons (Fsp3) is 0.538. The summed E-state index contributed by atoms with van der Waals surface area (Å²) in [7, 11) is 0. The maximum Gasteiger partial charge on any atom is 0.0326 e. The quantitative estimate of drug-likeness (QED) is 0.726. The molecule has 1 aliphatic heterocycles. The third kappa shape index (κ3) is 2.32. The molecule has 1 aromatic rings. The van der Waals surface area contributed by atoms with E-state index in [-0.39, 0.29) is 0 Å². The van der Waals surface area contributed by atoms with Crippen LogP contribution in [-0.4, -0.2) is 6.54 Å². The molecule has 0 saturated heterocycles. The third-order valence-electron chi connectivity index (χ3n) is 3.04. The molecule has 3 N–H and O–H groups in total. The van der Waals surface area contributed by atoms with E-state index in [1.807, 2.05) is 6.07 Å². The van der Waals surface area contributed by atoms with Gasteiger partial charge in [0.25, 0.3) is 0 Å². The highest BCUT2D eigenvalue weighted by atomic mass is 14.9. The van der Waals surface area contributed by atoms with Gasteiger partial charge in [0.15, 0.2) is 0 Å². The topological polar surface area (TPSA) is 38.0 Å². The Bertz CT molecular complexity index is 344. The zero-order valence-electron chi connectivity index (χ0n) is 9.59. The van der Waals surface area contributed by atoms with Gasteiger partial charge >= 0.3 is 0 Å². The van der Waals surface area contributed by atoms with Crippen molar-refractivity contribution in [3.05, 3.63) is 29.3 Å². The molecule has 0 saturated carbocycles. The molecule has 0 aliphatic carbocycles. The molecule has 0 radical (unpaired) electrons. The van der Waals surface area contributed by atoms with Gasteiger partial charge in [0, 0.05) is 11.7 Å². The van der Waals surface area contributed by atoms with Gasteiger partial charge in [-0.2, -0.15) is 0 Å². The predicted octanol–water partition coefficient (Wildman–Crippen LogP) is 2.50. The summed E-state index contributed by atoms with van der Waals surface area (Å²) in [6, 6.07) is 6.82. The highest BCUT2D eigenvalue weighted by molar-refractivity contribution is 5.47. The maximum absolute atomic E-state index is 5.85. The van der Waals surface area contributed by atoms with Gasteiger partial charge in [-0.25, -0.2) is 0 Å². The third-order valence-corrected chi connectivity index (χ3v) is 3.04. The molecule has 0 aromatic heterocycles. The number of nitrogens with two attached hydrogens (primary N) is 1. The summed E-state index contributed by atoms with van der Waals surface area (Å²) < 4.78 is 0. The average Bonchev–Trinajstić information content (AvgIpc) is 2.18. The van der Waals surface area contributed by atoms with Crippen LogP contribution in [0.5, 0.6) is 0 Å². The number of rotatable bonds is 2. The number of fused-ring (bicyclic) bond motifs is 1. The second-order valence-corrected chi connectivity index (χ2v) is 4.84. The molecule has 1 aromatic carbocycles. The molecule has 15 heavy (non-hydrogen) atoms. The lowest BCUT2D eigenvalue weighted by Crippen LogP contribution is -2.30. The molecule has 1 unspecified atom stereocenters. The Labute approximate surface area is 91.9 Å². The zero-order chi connectivity index (χ0) is 10.8. The molecule has 0 bridgehead atoms. The minimum absolute atomic E-state index is 0.497. The summed E-state index contributed by atoms with van der Waals surface area (Å²) in [6.07, 6.45) is 2.32. The van der Waals surface area contributed by atoms with Gasteiger partial charge in [0.05, 0.1) is 0 Å². The van der Waals surface area contributed by atoms with E-state index in [0.717, 1.165) is 24.6 Å². The fourth-order valence-corrected chi connectivity index (χ4v) is 2.34. The van der Waals surface area contributed by atoms with E-state index in [1.54, 1.807) is 0 Å². The van der Waals surface area contributed by atoms with Crippen molar-refractivity contribution < 1.29 is 0 Å². The SMILES string of the molecule is CC(C)CC1NCCc2ccc(N)cc21. The van der Waals surface area contributed by atoms with Crippen molar-refractivity contribution in [3.63, 3.8) is 0 Å². The van der Waals surface area contributed by atoms with Gasteiger partial charge < -0.3 is 11.1 Å². The summed E-state index contributed by atoms with van der Waals surface area (Å²) in [4.78, 5) is 0. The van der Waals surface area contributed by atoms with Crippen molar-refractivity contribution in [2.75, 3.05) is 12.3 Å². The molecular weight excluding hydrogens is 184 g/mol. The molecule has 1 heterocycles. The van der Waals surface area contributed by atoms with Crippen LogP contribution in [0.1, 0.15) is 37.4 Å². The number of nitrogens with one attached hydrogen (secondary N) is 1. The first kappa shape index (κ1) is 10.5. The lowest BCUT2D eigenvalue weighted by molar-refractivity contribution is 0.414. The molecular formula is C13H20N2. The monoisotopic (exact) mass is 204 g/mol. The van der Waals surface area contributed by atoms with Crippen molar-refractivity contribution >= 4 is 5.69 Å². The van der Waals surface area contributed by atoms with Gasteiger partial charge in [0.2, 0.25) is 0 Å². The molecule has 1 aliphatic rings. The largest absolute Gasteiger partial charge is 0.399 e. The Morgan fingerprint density at radius 1 is 1.47 bits per heavy atom. The average molecular weight is 204 g/mol. The highest BCUT2D eigenvalue weighted by Gasteiger charge is 2.20. The molecule has 1 atom stereocenters. The molecule has 2 rings (SSSR count). The minimum atomic E-state index is 0.497. The highest BCUT2D eigenvalue weighted by Crippen LogP contribution is 2.29. The van der Waals surface area contributed by atoms with Crippen molar-refractivity contribution in [2.24, 2.45) is 5.92 Å². The minimum Gasteiger partial charge on any atom is -0.399 e. The second kappa shape index (κ2) is 4.23. The maximum atomic E-state index is 5.85. The van der Waals surface area contributed by atoms with E-state index < -0.39 is 0 Å². The van der Waals surface area contributed by atoms with Crippen LogP contribution >= 0.6 is 0 Å². The summed E-state index contributed by atoms with van der Waals surface area (Å²) in [5.41, 5.74) is 9.61. The normalized spacial score (nSPS) is 20.3. The van der Waals surface area contributed by atoms with Gasteiger partial charge in [0.1, 0.15) is 0 Å². The Morgan fingerprint density at radius 2 is 2.27 bits per heavy atom. The van der Waals surface area contributed by atoms with Crippen LogP contribution in [0.25, 0.3) is 0 Å². The predicted molar refractivity (Wildman–Crippen MR) is 64.8 cm³/mol. The lowest BCUT2D eigenvalue weighted by atomic mass is 9.89. The summed E-state index contributed by atoms with van der Waals surface area (Å²) in [6.45, 7) is 5.62. The van der Waals surface area contributed by atoms with Crippen molar-refractivity contribution in [3.8, 4) is 0 Å². The van der Waals surface area contributed by atoms with Crippen molar-refractivity contribution in [1.29, 1.82) is 0 Å². The van der Waals surface area contributed by atoms with E-state index in [1.165, 1.54) is 17.5 Å². The number of nitrogen functional groups attached to an aromatic ring is 1. The standard InChI is InChI=1S/C13H20N2/c1-9(2)7-13-12-8-11(14)4-3-10(12)5-6-15-13/h3-4,8-9,13,15H,5-7,14H2,1-2H3. The number of hydrogen-bond donors (Lipinski definition) is 2. The Balaban J connectivity index is 2.28. The first-order valence-corrected chi connectivity index (χ1v) is 5.78. The zero-order valence-corrected chi connectivity index (χ0v) is 9.59. The van der Waals surface area contributed by atoms with E-state index in [0.29, 0.717) is 6.04 Å². The van der Waals surface area contributed by atoms with Crippen LogP contribution in [0.2, 0.25) is 0 Å². The molecule has 82 valence electrons. The van der Waals surface area contributed by atoms with Gasteiger partial charge in [-0.1, -0.05) is 19.9 Å². The Kier molecular flexibility index (Phi) is 2.96. The molecule has 0 fully saturated rings. The fourth-order valence-electron chi connectivity index (χ4n) is 2.34. The van der Waals surface area contributed by atoms with E-state index in [4.69, 9.17) is 5.73 Å². The van der Waals surface area contributed by atoms with Crippen LogP contribution in [-0.2, 0) is 6.42 Å². The second-order valence-electron chi connectivity index (χ2n) is 4.84. The van der Waals surface area contributed by atoms with Crippen molar-refractivity contribution in [1.82, 2.24) is 5.32 Å². The lowest BCUT2D eigenvalue weighted by Gasteiger charge is -2.28. The molecule has 0 spiro atoms. The molecule has 2 heteroatoms. The smallest absolute Gasteiger partial charge is 0.0326 e. The van der Waals surface area contributed by atoms with Crippen LogP contribution in [0, 0.1) is 5.92 Å². The number of hydrogen-bond acceptors (Lipinski definition) is 2. The summed E-state index contributed by atoms with van der Waals surface area (Å²) in [5.74, 6) is 0.717. The van der Waals surface area contributed by atoms with Gasteiger partial charge in [-0.05, 0) is 48.6 Å². The van der Waals surface area contributed by atoms with Crippen LogP contribution in [0.3, 0.4) is 0 Å². The van der Waals surface area contributed by atoms with E-state index >= 15 is 0 Å². The Morgan fingerprint density at radius 3 is 3.00 bits per heavy atom. The molecule has 2 nitrogen and oxygen atoms in total. The van der Waals surface area contributed by atoms with E-state index in [9.17, 15) is 0 Å². The summed E-state index contributed by atoms with van der Waals surface area (Å²) >= 11 is 0. The molecule has 0 amide bonds. The van der Waals surface area contributed by atoms with Crippen LogP contribution in [0.15, 0.2) is 18.2 Å². The number of benzene rings is 1. The van der Waals surface area contributed by atoms with Gasteiger partial charge in [-0.3, -0.25) is 0 Å². The number of anilines is 1. The first-order chi connectivity index (χ1) is 7.16. The van der Waals surface area contributed by atoms with Gasteiger partial charge in [-0.15, -0.1) is 0 Å². The Hall–Kier alpha value is -1.02. The van der Waals surface area contributed by atoms with Crippen LogP contribution in [0.4, 0.5) is 5.69 Å². The van der Waals surface area contributed by atoms with E-state index in [2.05, 4.69) is 31.3 Å². The first-order valence-electron chi connectivity index (χ1n) is 5.78. The van der Waals surface area contributed by atoms with Crippen molar-refractivity contribution in [2.45, 2.75) is 32.7 Å². The van der Waals surface area contributed by atoms with Crippen LogP contribution < -0.4 is 11.1 Å². The summed E-state index contributed by atoms with van der Waals surface area (Å²) in [5, 5.41) is 3.58.